The third-order valence-electron chi connectivity index (χ3n) is 6.02. The Bertz CT molecular complexity index is 1490. The van der Waals surface area contributed by atoms with Crippen molar-refractivity contribution < 1.29 is 19.1 Å². The first-order valence-electron chi connectivity index (χ1n) is 11.9. The summed E-state index contributed by atoms with van der Waals surface area (Å²) in [5, 5.41) is 0. The highest BCUT2D eigenvalue weighted by Gasteiger charge is 2.43. The molecule has 1 aliphatic rings. The van der Waals surface area contributed by atoms with Crippen molar-refractivity contribution in [3.8, 4) is 5.75 Å². The van der Waals surface area contributed by atoms with Crippen molar-refractivity contribution in [1.82, 2.24) is 0 Å². The molecule has 6 nitrogen and oxygen atoms in total. The number of nitrogens with zero attached hydrogens (tertiary/aromatic N) is 2. The molecule has 1 heterocycles. The number of benzene rings is 4. The molecular weight excluding hydrogens is 544 g/mol. The Morgan fingerprint density at radius 2 is 1.34 bits per heavy atom. The number of carbonyl (C=O) groups excluding carboxylic acids is 3. The molecule has 0 spiro atoms. The number of carbonyl (C=O) groups is 3. The summed E-state index contributed by atoms with van der Waals surface area (Å²) in [5.74, 6) is -0.745. The molecule has 1 aliphatic heterocycles. The SMILES string of the molecule is Cc1cccc(COc2ccc(C=C3C(=O)N(c4ccccc4)C(=O)N(c4ccccc4)C3=O)cc2Br)c1. The van der Waals surface area contributed by atoms with Crippen LogP contribution in [0.15, 0.2) is 113 Å². The molecule has 0 saturated carbocycles. The van der Waals surface area contributed by atoms with Gasteiger partial charge in [0.25, 0.3) is 11.8 Å². The average Bonchev–Trinajstić information content (AvgIpc) is 2.92. The van der Waals surface area contributed by atoms with E-state index in [0.717, 1.165) is 20.9 Å². The third kappa shape index (κ3) is 5.14. The number of imide groups is 2. The minimum Gasteiger partial charge on any atom is -0.488 e. The Morgan fingerprint density at radius 3 is 1.89 bits per heavy atom. The molecule has 0 aromatic heterocycles. The van der Waals surface area contributed by atoms with Crippen molar-refractivity contribution in [1.29, 1.82) is 0 Å². The van der Waals surface area contributed by atoms with E-state index in [1.54, 1.807) is 78.9 Å². The van der Waals surface area contributed by atoms with Crippen molar-refractivity contribution >= 4 is 51.2 Å². The maximum absolute atomic E-state index is 13.5. The fourth-order valence-corrected chi connectivity index (χ4v) is 4.70. The first kappa shape index (κ1) is 25.2. The van der Waals surface area contributed by atoms with Gasteiger partial charge < -0.3 is 4.74 Å². The molecule has 4 amide bonds. The summed E-state index contributed by atoms with van der Waals surface area (Å²) in [7, 11) is 0. The van der Waals surface area contributed by atoms with Crippen molar-refractivity contribution in [3.05, 3.63) is 130 Å². The Kier molecular flexibility index (Phi) is 7.20. The minimum atomic E-state index is -0.726. The normalized spacial score (nSPS) is 13.6. The lowest BCUT2D eigenvalue weighted by Gasteiger charge is -2.33. The first-order valence-corrected chi connectivity index (χ1v) is 12.7. The van der Waals surface area contributed by atoms with Crippen molar-refractivity contribution in [2.24, 2.45) is 0 Å². The summed E-state index contributed by atoms with van der Waals surface area (Å²) in [5.41, 5.74) is 3.44. The number of rotatable bonds is 6. The standard InChI is InChI=1S/C31H23BrN2O4/c1-21-9-8-10-23(17-21)20-38-28-16-15-22(19-27(28)32)18-26-29(35)33(24-11-4-2-5-12-24)31(37)34(30(26)36)25-13-6-3-7-14-25/h2-19H,20H2,1H3. The van der Waals surface area contributed by atoms with Crippen LogP contribution < -0.4 is 14.5 Å². The summed E-state index contributed by atoms with van der Waals surface area (Å²) < 4.78 is 6.64. The maximum Gasteiger partial charge on any atom is 0.343 e. The molecule has 7 heteroatoms. The van der Waals surface area contributed by atoms with Gasteiger partial charge in [-0.2, -0.15) is 0 Å². The zero-order valence-corrected chi connectivity index (χ0v) is 22.1. The number of halogens is 1. The van der Waals surface area contributed by atoms with Crippen LogP contribution in [-0.2, 0) is 16.2 Å². The van der Waals surface area contributed by atoms with Crippen molar-refractivity contribution in [2.75, 3.05) is 9.80 Å². The fourth-order valence-electron chi connectivity index (χ4n) is 4.19. The number of para-hydroxylation sites is 2. The molecule has 1 fully saturated rings. The summed E-state index contributed by atoms with van der Waals surface area (Å²) >= 11 is 3.54. The van der Waals surface area contributed by atoms with E-state index in [-0.39, 0.29) is 5.57 Å². The number of amides is 4. The topological polar surface area (TPSA) is 66.9 Å². The monoisotopic (exact) mass is 566 g/mol. The number of anilines is 2. The number of hydrogen-bond donors (Lipinski definition) is 0. The molecule has 1 saturated heterocycles. The molecule has 0 aliphatic carbocycles. The molecule has 0 atom stereocenters. The number of aryl methyl sites for hydroxylation is 1. The van der Waals surface area contributed by atoms with E-state index in [2.05, 4.69) is 22.0 Å². The Labute approximate surface area is 228 Å². The molecular formula is C31H23BrN2O4. The molecule has 0 unspecified atom stereocenters. The lowest BCUT2D eigenvalue weighted by atomic mass is 10.0. The van der Waals surface area contributed by atoms with Gasteiger partial charge in [-0.3, -0.25) is 9.59 Å². The molecule has 0 bridgehead atoms. The van der Waals surface area contributed by atoms with Crippen LogP contribution in [0.1, 0.15) is 16.7 Å². The maximum atomic E-state index is 13.5. The number of hydrogen-bond acceptors (Lipinski definition) is 4. The number of barbiturate groups is 1. The fraction of sp³-hybridized carbons (Fsp3) is 0.0645. The van der Waals surface area contributed by atoms with Gasteiger partial charge in [-0.1, -0.05) is 72.3 Å². The van der Waals surface area contributed by atoms with E-state index >= 15 is 0 Å². The molecule has 0 radical (unpaired) electrons. The van der Waals surface area contributed by atoms with Crippen molar-refractivity contribution in [3.63, 3.8) is 0 Å². The highest BCUT2D eigenvalue weighted by Crippen LogP contribution is 2.31. The molecule has 188 valence electrons. The highest BCUT2D eigenvalue weighted by atomic mass is 79.9. The van der Waals surface area contributed by atoms with E-state index in [1.807, 2.05) is 25.1 Å². The lowest BCUT2D eigenvalue weighted by Crippen LogP contribution is -2.57. The van der Waals surface area contributed by atoms with E-state index in [4.69, 9.17) is 4.74 Å². The smallest absolute Gasteiger partial charge is 0.343 e. The highest BCUT2D eigenvalue weighted by molar-refractivity contribution is 9.10. The summed E-state index contributed by atoms with van der Waals surface area (Å²) in [6, 6.07) is 29.8. The Morgan fingerprint density at radius 1 is 0.737 bits per heavy atom. The lowest BCUT2D eigenvalue weighted by molar-refractivity contribution is -0.121. The van der Waals surface area contributed by atoms with Crippen LogP contribution in [0.2, 0.25) is 0 Å². The third-order valence-corrected chi connectivity index (χ3v) is 6.64. The van der Waals surface area contributed by atoms with Crippen LogP contribution in [-0.4, -0.2) is 17.8 Å². The molecule has 5 rings (SSSR count). The van der Waals surface area contributed by atoms with Gasteiger partial charge in [0.15, 0.2) is 0 Å². The van der Waals surface area contributed by atoms with Crippen LogP contribution >= 0.6 is 15.9 Å². The summed E-state index contributed by atoms with van der Waals surface area (Å²) in [6.45, 7) is 2.43. The summed E-state index contributed by atoms with van der Waals surface area (Å²) in [6.07, 6.45) is 1.50. The second-order valence-corrected chi connectivity index (χ2v) is 9.61. The molecule has 4 aromatic rings. The van der Waals surface area contributed by atoms with Gasteiger partial charge >= 0.3 is 6.03 Å². The van der Waals surface area contributed by atoms with Crippen LogP contribution in [0.3, 0.4) is 0 Å². The van der Waals surface area contributed by atoms with Gasteiger partial charge in [-0.15, -0.1) is 0 Å². The van der Waals surface area contributed by atoms with Gasteiger partial charge in [0, 0.05) is 0 Å². The Balaban J connectivity index is 1.48. The van der Waals surface area contributed by atoms with E-state index < -0.39 is 17.8 Å². The van der Waals surface area contributed by atoms with E-state index in [0.29, 0.717) is 33.8 Å². The number of ether oxygens (including phenoxy) is 1. The zero-order valence-electron chi connectivity index (χ0n) is 20.5. The van der Waals surface area contributed by atoms with Gasteiger partial charge in [0.05, 0.1) is 15.8 Å². The molecule has 4 aromatic carbocycles. The van der Waals surface area contributed by atoms with E-state index in [1.165, 1.54) is 6.08 Å². The quantitative estimate of drug-likeness (QED) is 0.187. The van der Waals surface area contributed by atoms with Crippen LogP contribution in [0, 0.1) is 6.92 Å². The predicted octanol–water partition coefficient (Wildman–Crippen LogP) is 6.92. The van der Waals surface area contributed by atoms with Crippen LogP contribution in [0.25, 0.3) is 6.08 Å². The molecule has 38 heavy (non-hydrogen) atoms. The van der Waals surface area contributed by atoms with Gasteiger partial charge in [-0.05, 0) is 76.5 Å². The number of urea groups is 1. The largest absolute Gasteiger partial charge is 0.488 e. The first-order chi connectivity index (χ1) is 18.4. The summed E-state index contributed by atoms with van der Waals surface area (Å²) in [4.78, 5) is 42.5. The van der Waals surface area contributed by atoms with Crippen molar-refractivity contribution in [2.45, 2.75) is 13.5 Å². The van der Waals surface area contributed by atoms with E-state index in [9.17, 15) is 14.4 Å². The minimum absolute atomic E-state index is 0.127. The average molecular weight is 567 g/mol. The van der Waals surface area contributed by atoms with Gasteiger partial charge in [0.2, 0.25) is 0 Å². The second-order valence-electron chi connectivity index (χ2n) is 8.76. The van der Waals surface area contributed by atoms with Gasteiger partial charge in [-0.25, -0.2) is 14.6 Å². The Hall–Kier alpha value is -4.49. The second kappa shape index (κ2) is 10.9. The predicted molar refractivity (Wildman–Crippen MR) is 151 cm³/mol. The zero-order chi connectivity index (χ0) is 26.6. The molecule has 0 N–H and O–H groups in total. The van der Waals surface area contributed by atoms with Gasteiger partial charge in [0.1, 0.15) is 17.9 Å². The van der Waals surface area contributed by atoms with Crippen LogP contribution in [0.5, 0.6) is 5.75 Å². The van der Waals surface area contributed by atoms with Crippen LogP contribution in [0.4, 0.5) is 16.2 Å².